The summed E-state index contributed by atoms with van der Waals surface area (Å²) in [5.74, 6) is -1.44. The second kappa shape index (κ2) is 4.02. The van der Waals surface area contributed by atoms with Crippen molar-refractivity contribution in [3.63, 3.8) is 0 Å². The molecule has 0 saturated heterocycles. The molecule has 0 spiro atoms. The van der Waals surface area contributed by atoms with Crippen LogP contribution in [0.5, 0.6) is 0 Å². The molecular formula is C8H11NO4. The number of rotatable bonds is 3. The molecule has 5 heteroatoms. The van der Waals surface area contributed by atoms with Gasteiger partial charge < -0.3 is 9.57 Å². The van der Waals surface area contributed by atoms with Gasteiger partial charge in [0.2, 0.25) is 0 Å². The third-order valence-corrected chi connectivity index (χ3v) is 1.74. The third-order valence-electron chi connectivity index (χ3n) is 1.74. The molecule has 0 amide bonds. The van der Waals surface area contributed by atoms with Crippen molar-refractivity contribution >= 4 is 17.7 Å². The van der Waals surface area contributed by atoms with Crippen molar-refractivity contribution in [2.45, 2.75) is 20.3 Å². The van der Waals surface area contributed by atoms with Gasteiger partial charge in [-0.25, -0.2) is 4.79 Å². The Morgan fingerprint density at radius 3 is 2.85 bits per heavy atom. The van der Waals surface area contributed by atoms with E-state index in [2.05, 4.69) is 9.99 Å². The van der Waals surface area contributed by atoms with Gasteiger partial charge in [0.1, 0.15) is 5.92 Å². The Bertz CT molecular complexity index is 259. The highest BCUT2D eigenvalue weighted by atomic mass is 16.7. The number of oxime groups is 1. The van der Waals surface area contributed by atoms with Gasteiger partial charge in [-0.2, -0.15) is 0 Å². The fourth-order valence-corrected chi connectivity index (χ4v) is 1.03. The van der Waals surface area contributed by atoms with Gasteiger partial charge in [-0.05, 0) is 13.8 Å². The number of esters is 1. The van der Waals surface area contributed by atoms with E-state index >= 15 is 0 Å². The Balaban J connectivity index is 2.48. The first kappa shape index (κ1) is 9.70. The van der Waals surface area contributed by atoms with Crippen LogP contribution in [-0.2, 0) is 19.2 Å². The van der Waals surface area contributed by atoms with Crippen LogP contribution in [0.3, 0.4) is 0 Å². The maximum absolute atomic E-state index is 11.0. The summed E-state index contributed by atoms with van der Waals surface area (Å²) in [6.45, 7) is 3.68. The van der Waals surface area contributed by atoms with E-state index in [4.69, 9.17) is 4.74 Å². The highest BCUT2D eigenvalue weighted by Crippen LogP contribution is 2.16. The lowest BCUT2D eigenvalue weighted by Gasteiger charge is -2.04. The summed E-state index contributed by atoms with van der Waals surface area (Å²) in [6.07, 6.45) is 0.0159. The highest BCUT2D eigenvalue weighted by Gasteiger charge is 2.32. The summed E-state index contributed by atoms with van der Waals surface area (Å²) in [5.41, 5.74) is 0.526. The molecule has 1 heterocycles. The van der Waals surface area contributed by atoms with Crippen molar-refractivity contribution in [3.8, 4) is 0 Å². The van der Waals surface area contributed by atoms with E-state index in [1.165, 1.54) is 0 Å². The first-order chi connectivity index (χ1) is 6.15. The normalized spacial score (nSPS) is 20.9. The summed E-state index contributed by atoms with van der Waals surface area (Å²) in [7, 11) is 0. The summed E-state index contributed by atoms with van der Waals surface area (Å²) in [4.78, 5) is 26.4. The van der Waals surface area contributed by atoms with Crippen LogP contribution < -0.4 is 0 Å². The highest BCUT2D eigenvalue weighted by molar-refractivity contribution is 6.05. The maximum Gasteiger partial charge on any atom is 0.344 e. The van der Waals surface area contributed by atoms with E-state index in [0.717, 1.165) is 0 Å². The largest absolute Gasteiger partial charge is 0.466 e. The lowest BCUT2D eigenvalue weighted by Crippen LogP contribution is -2.21. The van der Waals surface area contributed by atoms with E-state index in [9.17, 15) is 9.59 Å². The van der Waals surface area contributed by atoms with Gasteiger partial charge in [-0.1, -0.05) is 5.16 Å². The molecule has 0 aromatic carbocycles. The molecule has 1 aliphatic rings. The molecule has 0 aromatic heterocycles. The molecule has 1 aliphatic heterocycles. The number of carbonyl (C=O) groups excluding carboxylic acids is 2. The lowest BCUT2D eigenvalue weighted by molar-refractivity contribution is -0.150. The fourth-order valence-electron chi connectivity index (χ4n) is 1.03. The first-order valence-electron chi connectivity index (χ1n) is 4.06. The van der Waals surface area contributed by atoms with Crippen molar-refractivity contribution in [2.75, 3.05) is 6.61 Å². The smallest absolute Gasteiger partial charge is 0.344 e. The monoisotopic (exact) mass is 185 g/mol. The van der Waals surface area contributed by atoms with Crippen LogP contribution in [0.25, 0.3) is 0 Å². The van der Waals surface area contributed by atoms with Crippen LogP contribution in [0.1, 0.15) is 20.3 Å². The molecule has 0 saturated carbocycles. The van der Waals surface area contributed by atoms with Crippen LogP contribution >= 0.6 is 0 Å². The van der Waals surface area contributed by atoms with E-state index in [0.29, 0.717) is 12.3 Å². The maximum atomic E-state index is 11.0. The molecule has 0 radical (unpaired) electrons. The Morgan fingerprint density at radius 2 is 2.38 bits per heavy atom. The summed E-state index contributed by atoms with van der Waals surface area (Å²) in [6, 6.07) is 0. The van der Waals surface area contributed by atoms with Gasteiger partial charge in [0.25, 0.3) is 0 Å². The molecule has 1 unspecified atom stereocenters. The molecule has 13 heavy (non-hydrogen) atoms. The predicted octanol–water partition coefficient (Wildman–Crippen LogP) is 0.489. The topological polar surface area (TPSA) is 65.0 Å². The number of carbonyl (C=O) groups is 2. The molecule has 1 atom stereocenters. The third kappa shape index (κ3) is 2.27. The lowest BCUT2D eigenvalue weighted by atomic mass is 10.0. The van der Waals surface area contributed by atoms with Crippen LogP contribution in [-0.4, -0.2) is 24.3 Å². The van der Waals surface area contributed by atoms with Gasteiger partial charge in [0.15, 0.2) is 0 Å². The molecule has 0 aliphatic carbocycles. The second-order valence-electron chi connectivity index (χ2n) is 2.70. The number of hydrogen-bond donors (Lipinski definition) is 0. The predicted molar refractivity (Wildman–Crippen MR) is 43.9 cm³/mol. The van der Waals surface area contributed by atoms with Gasteiger partial charge >= 0.3 is 11.9 Å². The molecule has 0 fully saturated rings. The molecule has 1 rings (SSSR count). The second-order valence-corrected chi connectivity index (χ2v) is 2.70. The molecule has 0 aromatic rings. The average molecular weight is 185 g/mol. The molecule has 72 valence electrons. The van der Waals surface area contributed by atoms with Crippen molar-refractivity contribution in [3.05, 3.63) is 0 Å². The SMILES string of the molecule is CCOC(=O)CC1C(=O)ON=C1C. The zero-order valence-electron chi connectivity index (χ0n) is 7.57. The summed E-state index contributed by atoms with van der Waals surface area (Å²) in [5, 5.41) is 3.47. The fraction of sp³-hybridized carbons (Fsp3) is 0.625. The zero-order chi connectivity index (χ0) is 9.84. The van der Waals surface area contributed by atoms with E-state index < -0.39 is 17.9 Å². The Labute approximate surface area is 75.7 Å². The molecule has 5 nitrogen and oxygen atoms in total. The molecule has 0 N–H and O–H groups in total. The van der Waals surface area contributed by atoms with Crippen molar-refractivity contribution < 1.29 is 19.2 Å². The van der Waals surface area contributed by atoms with Crippen LogP contribution in [0, 0.1) is 5.92 Å². The van der Waals surface area contributed by atoms with Crippen LogP contribution in [0.4, 0.5) is 0 Å². The standard InChI is InChI=1S/C8H11NO4/c1-3-12-7(10)4-6-5(2)9-13-8(6)11/h6H,3-4H2,1-2H3. The molecule has 0 bridgehead atoms. The quantitative estimate of drug-likeness (QED) is 0.474. The number of hydrogen-bond acceptors (Lipinski definition) is 5. The Morgan fingerprint density at radius 1 is 1.69 bits per heavy atom. The zero-order valence-corrected chi connectivity index (χ0v) is 7.57. The van der Waals surface area contributed by atoms with Crippen LogP contribution in [0.15, 0.2) is 5.16 Å². The van der Waals surface area contributed by atoms with Gasteiger partial charge in [0, 0.05) is 0 Å². The Hall–Kier alpha value is -1.39. The number of nitrogens with zero attached hydrogens (tertiary/aromatic N) is 1. The number of ether oxygens (including phenoxy) is 1. The van der Waals surface area contributed by atoms with Crippen LogP contribution in [0.2, 0.25) is 0 Å². The minimum Gasteiger partial charge on any atom is -0.466 e. The first-order valence-corrected chi connectivity index (χ1v) is 4.06. The minimum absolute atomic E-state index is 0.0159. The van der Waals surface area contributed by atoms with E-state index in [1.54, 1.807) is 13.8 Å². The van der Waals surface area contributed by atoms with Crippen molar-refractivity contribution in [2.24, 2.45) is 11.1 Å². The molecular weight excluding hydrogens is 174 g/mol. The van der Waals surface area contributed by atoms with Crippen molar-refractivity contribution in [1.29, 1.82) is 0 Å². The average Bonchev–Trinajstić information content (AvgIpc) is 2.36. The summed E-state index contributed by atoms with van der Waals surface area (Å²) < 4.78 is 4.70. The minimum atomic E-state index is -0.556. The van der Waals surface area contributed by atoms with Gasteiger partial charge in [0.05, 0.1) is 18.7 Å². The van der Waals surface area contributed by atoms with E-state index in [-0.39, 0.29) is 6.42 Å². The van der Waals surface area contributed by atoms with Crippen molar-refractivity contribution in [1.82, 2.24) is 0 Å². The van der Waals surface area contributed by atoms with Gasteiger partial charge in [-0.3, -0.25) is 4.79 Å². The van der Waals surface area contributed by atoms with E-state index in [1.807, 2.05) is 0 Å². The Kier molecular flexibility index (Phi) is 3.00. The summed E-state index contributed by atoms with van der Waals surface area (Å²) >= 11 is 0. The van der Waals surface area contributed by atoms with Gasteiger partial charge in [-0.15, -0.1) is 0 Å².